The summed E-state index contributed by atoms with van der Waals surface area (Å²) in [6.45, 7) is 4.40. The van der Waals surface area contributed by atoms with Crippen molar-refractivity contribution in [3.8, 4) is 11.5 Å². The molecule has 0 aromatic heterocycles. The van der Waals surface area contributed by atoms with E-state index in [0.717, 1.165) is 12.3 Å². The van der Waals surface area contributed by atoms with Gasteiger partial charge < -0.3 is 9.47 Å². The topological polar surface area (TPSA) is 18.5 Å². The monoisotopic (exact) mass is 448 g/mol. The molecule has 0 saturated heterocycles. The highest BCUT2D eigenvalue weighted by atomic mass is 19.3. The molecule has 0 atom stereocenters. The molecule has 0 spiro atoms. The summed E-state index contributed by atoms with van der Waals surface area (Å²) >= 11 is 0. The van der Waals surface area contributed by atoms with E-state index in [-0.39, 0.29) is 24.7 Å². The number of alkyl halides is 2. The van der Waals surface area contributed by atoms with Gasteiger partial charge in [0.25, 0.3) is 6.43 Å². The molecule has 5 heteroatoms. The summed E-state index contributed by atoms with van der Waals surface area (Å²) in [6, 6.07) is 11.5. The highest BCUT2D eigenvalue weighted by Gasteiger charge is 2.24. The van der Waals surface area contributed by atoms with Gasteiger partial charge in [0.2, 0.25) is 0 Å². The molecule has 1 fully saturated rings. The van der Waals surface area contributed by atoms with Gasteiger partial charge in [-0.2, -0.15) is 0 Å². The summed E-state index contributed by atoms with van der Waals surface area (Å²) in [6.07, 6.45) is 6.36. The third kappa shape index (κ3) is 6.43. The van der Waals surface area contributed by atoms with Gasteiger partial charge in [0.05, 0.1) is 18.8 Å². The van der Waals surface area contributed by atoms with Gasteiger partial charge >= 0.3 is 0 Å². The summed E-state index contributed by atoms with van der Waals surface area (Å²) in [5.41, 5.74) is 1.89. The first-order valence-electron chi connectivity index (χ1n) is 12.0. The largest absolute Gasteiger partial charge is 0.493 e. The molecule has 0 amide bonds. The molecule has 0 heterocycles. The summed E-state index contributed by atoms with van der Waals surface area (Å²) in [5, 5.41) is 0. The molecule has 2 aromatic rings. The lowest BCUT2D eigenvalue weighted by Crippen LogP contribution is -2.13. The number of aryl methyl sites for hydroxylation is 1. The zero-order chi connectivity index (χ0) is 22.9. The van der Waals surface area contributed by atoms with Crippen LogP contribution in [-0.4, -0.2) is 13.2 Å². The number of hydrogen-bond acceptors (Lipinski definition) is 2. The van der Waals surface area contributed by atoms with Crippen LogP contribution in [0.2, 0.25) is 0 Å². The van der Waals surface area contributed by atoms with Crippen molar-refractivity contribution >= 4 is 0 Å². The molecule has 0 aliphatic heterocycles. The number of halogens is 3. The molecule has 1 aliphatic rings. The van der Waals surface area contributed by atoms with Gasteiger partial charge in [-0.25, -0.2) is 13.2 Å². The Balaban J connectivity index is 1.48. The average molecular weight is 449 g/mol. The zero-order valence-corrected chi connectivity index (χ0v) is 19.2. The first kappa shape index (κ1) is 24.5. The van der Waals surface area contributed by atoms with E-state index in [4.69, 9.17) is 9.47 Å². The first-order valence-corrected chi connectivity index (χ1v) is 12.0. The van der Waals surface area contributed by atoms with Crippen molar-refractivity contribution < 1.29 is 22.6 Å². The van der Waals surface area contributed by atoms with Crippen LogP contribution in [0, 0.1) is 11.7 Å². The van der Waals surface area contributed by atoms with E-state index in [1.807, 2.05) is 0 Å². The summed E-state index contributed by atoms with van der Waals surface area (Å²) in [4.78, 5) is 0. The van der Waals surface area contributed by atoms with Crippen LogP contribution in [0.5, 0.6) is 11.5 Å². The predicted octanol–water partition coefficient (Wildman–Crippen LogP) is 8.25. The van der Waals surface area contributed by atoms with Crippen LogP contribution in [0.25, 0.3) is 0 Å². The fourth-order valence-electron chi connectivity index (χ4n) is 4.76. The van der Waals surface area contributed by atoms with Crippen LogP contribution in [0.1, 0.15) is 87.8 Å². The molecular formula is C27H35F3O2. The molecule has 1 saturated carbocycles. The van der Waals surface area contributed by atoms with E-state index in [1.165, 1.54) is 61.8 Å². The highest BCUT2D eigenvalue weighted by molar-refractivity contribution is 5.43. The van der Waals surface area contributed by atoms with E-state index in [9.17, 15) is 13.2 Å². The van der Waals surface area contributed by atoms with Crippen LogP contribution < -0.4 is 9.47 Å². The van der Waals surface area contributed by atoms with Crippen LogP contribution in [0.3, 0.4) is 0 Å². The van der Waals surface area contributed by atoms with Gasteiger partial charge in [-0.1, -0.05) is 44.0 Å². The number of rotatable bonds is 11. The Morgan fingerprint density at radius 1 is 0.906 bits per heavy atom. The molecule has 3 rings (SSSR count). The van der Waals surface area contributed by atoms with Crippen molar-refractivity contribution in [2.75, 3.05) is 13.2 Å². The van der Waals surface area contributed by atoms with Crippen molar-refractivity contribution in [1.29, 1.82) is 0 Å². The van der Waals surface area contributed by atoms with E-state index in [2.05, 4.69) is 31.2 Å². The fourth-order valence-corrected chi connectivity index (χ4v) is 4.76. The lowest BCUT2D eigenvalue weighted by molar-refractivity contribution is 0.138. The van der Waals surface area contributed by atoms with Crippen molar-refractivity contribution in [1.82, 2.24) is 0 Å². The summed E-state index contributed by atoms with van der Waals surface area (Å²) in [7, 11) is 0. The SMILES string of the molecule is CCCC1CCC(c2ccc(CCCOc3ccc(OCC)c(F)c3C(F)F)cc2)CC1. The van der Waals surface area contributed by atoms with E-state index in [1.54, 1.807) is 6.92 Å². The molecule has 176 valence electrons. The maximum Gasteiger partial charge on any atom is 0.270 e. The maximum atomic E-state index is 14.3. The normalized spacial score (nSPS) is 18.7. The Morgan fingerprint density at radius 3 is 2.22 bits per heavy atom. The van der Waals surface area contributed by atoms with Crippen molar-refractivity contribution in [3.05, 3.63) is 58.9 Å². The van der Waals surface area contributed by atoms with Crippen molar-refractivity contribution in [2.45, 2.75) is 77.6 Å². The Bertz CT molecular complexity index is 828. The minimum atomic E-state index is -2.96. The summed E-state index contributed by atoms with van der Waals surface area (Å²) in [5.74, 6) is 0.246. The number of ether oxygens (including phenoxy) is 2. The zero-order valence-electron chi connectivity index (χ0n) is 19.2. The first-order chi connectivity index (χ1) is 15.5. The molecule has 2 aromatic carbocycles. The second-order valence-corrected chi connectivity index (χ2v) is 8.72. The second-order valence-electron chi connectivity index (χ2n) is 8.72. The highest BCUT2D eigenvalue weighted by Crippen LogP contribution is 2.38. The van der Waals surface area contributed by atoms with Crippen LogP contribution in [0.15, 0.2) is 36.4 Å². The Kier molecular flexibility index (Phi) is 9.31. The molecule has 1 aliphatic carbocycles. The van der Waals surface area contributed by atoms with Crippen LogP contribution in [-0.2, 0) is 6.42 Å². The Morgan fingerprint density at radius 2 is 1.59 bits per heavy atom. The van der Waals surface area contributed by atoms with Gasteiger partial charge in [-0.15, -0.1) is 0 Å². The second kappa shape index (κ2) is 12.2. The van der Waals surface area contributed by atoms with Crippen LogP contribution in [0.4, 0.5) is 13.2 Å². The van der Waals surface area contributed by atoms with Gasteiger partial charge in [0, 0.05) is 0 Å². The fraction of sp³-hybridized carbons (Fsp3) is 0.556. The molecule has 2 nitrogen and oxygen atoms in total. The van der Waals surface area contributed by atoms with E-state index in [0.29, 0.717) is 12.3 Å². The number of benzene rings is 2. The summed E-state index contributed by atoms with van der Waals surface area (Å²) < 4.78 is 51.6. The quantitative estimate of drug-likeness (QED) is 0.322. The third-order valence-electron chi connectivity index (χ3n) is 6.48. The Hall–Kier alpha value is -2.17. The molecule has 32 heavy (non-hydrogen) atoms. The molecule has 0 radical (unpaired) electrons. The van der Waals surface area contributed by atoms with E-state index >= 15 is 0 Å². The molecule has 0 N–H and O–H groups in total. The maximum absolute atomic E-state index is 14.3. The standard InChI is InChI=1S/C27H35F3O2/c1-3-6-19-8-12-21(13-9-19)22-14-10-20(11-15-22)7-5-18-32-23-16-17-24(31-4-2)26(28)25(23)27(29)30/h10-11,14-17,19,21,27H,3-9,12-13,18H2,1-2H3. The minimum absolute atomic E-state index is 0.116. The average Bonchev–Trinajstić information content (AvgIpc) is 2.79. The smallest absolute Gasteiger partial charge is 0.270 e. The Labute approximate surface area is 190 Å². The van der Waals surface area contributed by atoms with E-state index < -0.39 is 17.8 Å². The third-order valence-corrected chi connectivity index (χ3v) is 6.48. The van der Waals surface area contributed by atoms with Crippen LogP contribution >= 0.6 is 0 Å². The van der Waals surface area contributed by atoms with Crippen molar-refractivity contribution in [3.63, 3.8) is 0 Å². The molecule has 0 bridgehead atoms. The van der Waals surface area contributed by atoms with Gasteiger partial charge in [-0.3, -0.25) is 0 Å². The number of hydrogen-bond donors (Lipinski definition) is 0. The predicted molar refractivity (Wildman–Crippen MR) is 122 cm³/mol. The minimum Gasteiger partial charge on any atom is -0.493 e. The van der Waals surface area contributed by atoms with Gasteiger partial charge in [-0.05, 0) is 80.5 Å². The molecular weight excluding hydrogens is 413 g/mol. The lowest BCUT2D eigenvalue weighted by atomic mass is 9.77. The lowest BCUT2D eigenvalue weighted by Gasteiger charge is -2.28. The van der Waals surface area contributed by atoms with Crippen molar-refractivity contribution in [2.24, 2.45) is 5.92 Å². The van der Waals surface area contributed by atoms with Gasteiger partial charge in [0.1, 0.15) is 5.75 Å². The van der Waals surface area contributed by atoms with Gasteiger partial charge in [0.15, 0.2) is 11.6 Å². The molecule has 0 unspecified atom stereocenters.